The number of rotatable bonds is 13. The van der Waals surface area contributed by atoms with Gasteiger partial charge >= 0.3 is 0 Å². The van der Waals surface area contributed by atoms with Crippen molar-refractivity contribution in [1.82, 2.24) is 14.7 Å². The van der Waals surface area contributed by atoms with Crippen LogP contribution >= 0.6 is 0 Å². The van der Waals surface area contributed by atoms with Crippen LogP contribution in [0.3, 0.4) is 0 Å². The summed E-state index contributed by atoms with van der Waals surface area (Å²) in [7, 11) is 3.53. The van der Waals surface area contributed by atoms with Gasteiger partial charge in [0.2, 0.25) is 5.88 Å². The van der Waals surface area contributed by atoms with E-state index < -0.39 is 6.10 Å². The molecule has 3 rings (SSSR count). The molecule has 0 aliphatic heterocycles. The summed E-state index contributed by atoms with van der Waals surface area (Å²) in [5.74, 6) is 1.96. The van der Waals surface area contributed by atoms with Crippen molar-refractivity contribution >= 4 is 0 Å². The van der Waals surface area contributed by atoms with Gasteiger partial charge in [-0.2, -0.15) is 5.10 Å². The summed E-state index contributed by atoms with van der Waals surface area (Å²) in [6.45, 7) is 9.31. The molecular weight excluding hydrogens is 426 g/mol. The minimum atomic E-state index is -0.428. The summed E-state index contributed by atoms with van der Waals surface area (Å²) in [4.78, 5) is 2.31. The Morgan fingerprint density at radius 3 is 2.44 bits per heavy atom. The Morgan fingerprint density at radius 2 is 1.79 bits per heavy atom. The molecule has 2 atom stereocenters. The molecule has 3 aromatic rings. The van der Waals surface area contributed by atoms with Gasteiger partial charge in [-0.3, -0.25) is 4.90 Å². The molecule has 2 aromatic carbocycles. The lowest BCUT2D eigenvalue weighted by Crippen LogP contribution is -2.38. The first kappa shape index (κ1) is 25.5. The maximum absolute atomic E-state index is 10.7. The van der Waals surface area contributed by atoms with Gasteiger partial charge in [-0.15, -0.1) is 6.58 Å². The molecule has 0 aliphatic carbocycles. The van der Waals surface area contributed by atoms with E-state index in [1.165, 1.54) is 0 Å². The molecule has 0 amide bonds. The fourth-order valence-corrected chi connectivity index (χ4v) is 3.99. The van der Waals surface area contributed by atoms with Gasteiger partial charge in [0.25, 0.3) is 0 Å². The van der Waals surface area contributed by atoms with Crippen LogP contribution in [0.4, 0.5) is 0 Å². The molecule has 0 radical (unpaired) electrons. The largest absolute Gasteiger partial charge is 0.493 e. The van der Waals surface area contributed by atoms with Crippen LogP contribution in [0.5, 0.6) is 17.4 Å². The Hall–Kier alpha value is -3.09. The number of aliphatic hydroxyl groups excluding tert-OH is 1. The molecule has 34 heavy (non-hydrogen) atoms. The molecule has 0 unspecified atom stereocenters. The van der Waals surface area contributed by atoms with Crippen molar-refractivity contribution in [3.63, 3.8) is 0 Å². The number of aryl methyl sites for hydroxylation is 1. The summed E-state index contributed by atoms with van der Waals surface area (Å²) in [6, 6.07) is 18.0. The highest BCUT2D eigenvalue weighted by Gasteiger charge is 2.25. The summed E-state index contributed by atoms with van der Waals surface area (Å²) >= 11 is 0. The van der Waals surface area contributed by atoms with Crippen molar-refractivity contribution in [2.75, 3.05) is 13.7 Å². The maximum Gasteiger partial charge on any atom is 0.222 e. The second-order valence-corrected chi connectivity index (χ2v) is 8.58. The van der Waals surface area contributed by atoms with Crippen LogP contribution in [-0.4, -0.2) is 45.6 Å². The van der Waals surface area contributed by atoms with Gasteiger partial charge in [0.1, 0.15) is 5.69 Å². The standard InChI is InChI=1S/C28H37N3O3/c1-6-8-16-23(32)19-31(21(3)7-2)20-24-27(22-14-10-9-11-15-22)29-30(4)28(24)34-26-18-13-12-17-25(26)33-5/h6,9-15,17-18,21,23,32H,1,7-8,16,19-20H2,2-5H3/t21-,23-/m1/s1. The first-order valence-corrected chi connectivity index (χ1v) is 11.9. The molecule has 0 aliphatic rings. The molecule has 0 spiro atoms. The lowest BCUT2D eigenvalue weighted by Gasteiger charge is -2.30. The van der Waals surface area contributed by atoms with E-state index in [0.717, 1.165) is 29.7 Å². The molecule has 0 bridgehead atoms. The van der Waals surface area contributed by atoms with Gasteiger partial charge < -0.3 is 14.6 Å². The topological polar surface area (TPSA) is 59.8 Å². The molecule has 182 valence electrons. The third-order valence-electron chi connectivity index (χ3n) is 6.14. The highest BCUT2D eigenvalue weighted by Crippen LogP contribution is 2.37. The second kappa shape index (κ2) is 12.4. The van der Waals surface area contributed by atoms with E-state index in [2.05, 4.69) is 37.5 Å². The predicted octanol–water partition coefficient (Wildman–Crippen LogP) is 5.82. The van der Waals surface area contributed by atoms with Gasteiger partial charge in [-0.05, 0) is 38.3 Å². The van der Waals surface area contributed by atoms with Crippen molar-refractivity contribution in [3.05, 3.63) is 72.8 Å². The highest BCUT2D eigenvalue weighted by atomic mass is 16.5. The third-order valence-corrected chi connectivity index (χ3v) is 6.14. The summed E-state index contributed by atoms with van der Waals surface area (Å²) in [5.41, 5.74) is 2.89. The van der Waals surface area contributed by atoms with Gasteiger partial charge in [-0.1, -0.05) is 55.5 Å². The second-order valence-electron chi connectivity index (χ2n) is 8.58. The van der Waals surface area contributed by atoms with E-state index in [9.17, 15) is 5.11 Å². The average molecular weight is 464 g/mol. The minimum Gasteiger partial charge on any atom is -0.493 e. The quantitative estimate of drug-likeness (QED) is 0.324. The number of allylic oxidation sites excluding steroid dienone is 1. The smallest absolute Gasteiger partial charge is 0.222 e. The van der Waals surface area contributed by atoms with E-state index >= 15 is 0 Å². The normalized spacial score (nSPS) is 13.0. The van der Waals surface area contributed by atoms with Crippen molar-refractivity contribution in [2.24, 2.45) is 7.05 Å². The van der Waals surface area contributed by atoms with Gasteiger partial charge in [0.15, 0.2) is 11.5 Å². The fourth-order valence-electron chi connectivity index (χ4n) is 3.99. The SMILES string of the molecule is C=CCC[C@@H](O)CN(Cc1c(-c2ccccc2)nn(C)c1Oc1ccccc1OC)[C@H](C)CC. The zero-order valence-electron chi connectivity index (χ0n) is 20.8. The number of ether oxygens (including phenoxy) is 2. The summed E-state index contributed by atoms with van der Waals surface area (Å²) < 4.78 is 13.7. The van der Waals surface area contributed by atoms with Gasteiger partial charge in [-0.25, -0.2) is 4.68 Å². The first-order chi connectivity index (χ1) is 16.5. The van der Waals surface area contributed by atoms with E-state index in [4.69, 9.17) is 14.6 Å². The van der Waals surface area contributed by atoms with Crippen molar-refractivity contribution in [2.45, 2.75) is 51.8 Å². The Morgan fingerprint density at radius 1 is 1.12 bits per heavy atom. The number of aromatic nitrogens is 2. The molecule has 6 heteroatoms. The van der Waals surface area contributed by atoms with Gasteiger partial charge in [0, 0.05) is 31.7 Å². The molecule has 0 fully saturated rings. The number of benzene rings is 2. The number of hydrogen-bond acceptors (Lipinski definition) is 5. The fraction of sp³-hybridized carbons (Fsp3) is 0.393. The Bertz CT molecular complexity index is 1050. The van der Waals surface area contributed by atoms with Crippen LogP contribution in [0.2, 0.25) is 0 Å². The Balaban J connectivity index is 2.03. The Labute approximate surface area is 203 Å². The van der Waals surface area contributed by atoms with Crippen molar-refractivity contribution in [3.8, 4) is 28.6 Å². The number of para-hydroxylation sites is 2. The van der Waals surface area contributed by atoms with Crippen LogP contribution in [0.15, 0.2) is 67.3 Å². The lowest BCUT2D eigenvalue weighted by molar-refractivity contribution is 0.0795. The average Bonchev–Trinajstić information content (AvgIpc) is 3.17. The molecule has 0 saturated heterocycles. The first-order valence-electron chi connectivity index (χ1n) is 11.9. The molecule has 1 N–H and O–H groups in total. The van der Waals surface area contributed by atoms with Crippen molar-refractivity contribution in [1.29, 1.82) is 0 Å². The number of hydrogen-bond donors (Lipinski definition) is 1. The summed E-state index contributed by atoms with van der Waals surface area (Å²) in [6.07, 6.45) is 3.88. The van der Waals surface area contributed by atoms with Gasteiger partial charge in [0.05, 0.1) is 18.8 Å². The number of aliphatic hydroxyl groups is 1. The minimum absolute atomic E-state index is 0.279. The molecule has 6 nitrogen and oxygen atoms in total. The van der Waals surface area contributed by atoms with Crippen LogP contribution in [-0.2, 0) is 13.6 Å². The molecule has 1 heterocycles. The lowest BCUT2D eigenvalue weighted by atomic mass is 10.1. The Kier molecular flexibility index (Phi) is 9.31. The van der Waals surface area contributed by atoms with Crippen LogP contribution < -0.4 is 9.47 Å². The maximum atomic E-state index is 10.7. The highest BCUT2D eigenvalue weighted by molar-refractivity contribution is 5.66. The third kappa shape index (κ3) is 6.27. The zero-order valence-corrected chi connectivity index (χ0v) is 20.8. The summed E-state index contributed by atoms with van der Waals surface area (Å²) in [5, 5.41) is 15.5. The molecule has 0 saturated carbocycles. The van der Waals surface area contributed by atoms with E-state index in [1.807, 2.05) is 55.6 Å². The number of nitrogens with zero attached hydrogens (tertiary/aromatic N) is 3. The molecular formula is C28H37N3O3. The van der Waals surface area contributed by atoms with E-state index in [0.29, 0.717) is 36.9 Å². The molecule has 1 aromatic heterocycles. The number of methoxy groups -OCH3 is 1. The van der Waals surface area contributed by atoms with Crippen LogP contribution in [0, 0.1) is 0 Å². The van der Waals surface area contributed by atoms with E-state index in [1.54, 1.807) is 11.8 Å². The van der Waals surface area contributed by atoms with Crippen molar-refractivity contribution < 1.29 is 14.6 Å². The van der Waals surface area contributed by atoms with E-state index in [-0.39, 0.29) is 6.04 Å². The van der Waals surface area contributed by atoms with Crippen LogP contribution in [0.1, 0.15) is 38.7 Å². The van der Waals surface area contributed by atoms with Crippen LogP contribution in [0.25, 0.3) is 11.3 Å². The zero-order chi connectivity index (χ0) is 24.5. The monoisotopic (exact) mass is 463 g/mol. The predicted molar refractivity (Wildman–Crippen MR) is 137 cm³/mol.